The molecule has 1 aromatic carbocycles. The lowest BCUT2D eigenvalue weighted by Crippen LogP contribution is -2.37. The number of halogens is 3. The molecule has 1 aliphatic heterocycles. The SMILES string of the molecule is Cc1cc(=O)c(C(=O)NCCCN2CCCC(C)C2)nn1-c1cccc(C(F)(F)F)c1. The second-order valence-electron chi connectivity index (χ2n) is 8.12. The lowest BCUT2D eigenvalue weighted by molar-refractivity contribution is -0.137. The molecule has 1 aromatic heterocycles. The van der Waals surface area contributed by atoms with Crippen molar-refractivity contribution in [2.75, 3.05) is 26.2 Å². The number of rotatable bonds is 6. The number of aryl methyl sites for hydroxylation is 1. The average molecular weight is 436 g/mol. The Morgan fingerprint density at radius 2 is 2.06 bits per heavy atom. The Kier molecular flexibility index (Phi) is 7.15. The van der Waals surface area contributed by atoms with Crippen molar-refractivity contribution in [3.05, 3.63) is 57.5 Å². The average Bonchev–Trinajstić information content (AvgIpc) is 2.71. The number of hydrogen-bond acceptors (Lipinski definition) is 4. The van der Waals surface area contributed by atoms with Crippen LogP contribution in [0, 0.1) is 12.8 Å². The highest BCUT2D eigenvalue weighted by Gasteiger charge is 2.30. The van der Waals surface area contributed by atoms with Gasteiger partial charge in [-0.25, -0.2) is 4.68 Å². The molecular weight excluding hydrogens is 409 g/mol. The second kappa shape index (κ2) is 9.64. The summed E-state index contributed by atoms with van der Waals surface area (Å²) in [6.07, 6.45) is -1.35. The van der Waals surface area contributed by atoms with Gasteiger partial charge < -0.3 is 10.2 Å². The molecule has 1 aliphatic rings. The molecule has 0 bridgehead atoms. The Morgan fingerprint density at radius 1 is 1.29 bits per heavy atom. The fourth-order valence-electron chi connectivity index (χ4n) is 3.86. The van der Waals surface area contributed by atoms with Gasteiger partial charge in [-0.1, -0.05) is 13.0 Å². The molecule has 0 aliphatic carbocycles. The van der Waals surface area contributed by atoms with Gasteiger partial charge in [0, 0.05) is 24.8 Å². The largest absolute Gasteiger partial charge is 0.416 e. The van der Waals surface area contributed by atoms with Gasteiger partial charge in [0.1, 0.15) is 0 Å². The van der Waals surface area contributed by atoms with Crippen molar-refractivity contribution in [3.63, 3.8) is 0 Å². The molecule has 3 rings (SSSR count). The standard InChI is InChI=1S/C22H27F3N4O2/c1-15-6-4-10-28(14-15)11-5-9-26-21(31)20-19(30)12-16(2)29(27-20)18-8-3-7-17(13-18)22(23,24)25/h3,7-8,12-13,15H,4-6,9-11,14H2,1-2H3,(H,26,31). The lowest BCUT2D eigenvalue weighted by atomic mass is 10.0. The maximum atomic E-state index is 13.0. The Hall–Kier alpha value is -2.68. The Labute approximate surface area is 179 Å². The minimum absolute atomic E-state index is 0.126. The molecule has 168 valence electrons. The predicted molar refractivity (Wildman–Crippen MR) is 111 cm³/mol. The summed E-state index contributed by atoms with van der Waals surface area (Å²) in [7, 11) is 0. The van der Waals surface area contributed by atoms with Crippen LogP contribution < -0.4 is 10.7 Å². The molecule has 1 N–H and O–H groups in total. The molecule has 1 saturated heterocycles. The van der Waals surface area contributed by atoms with Gasteiger partial charge >= 0.3 is 6.18 Å². The van der Waals surface area contributed by atoms with Crippen LogP contribution in [0.1, 0.15) is 47.9 Å². The van der Waals surface area contributed by atoms with E-state index >= 15 is 0 Å². The lowest BCUT2D eigenvalue weighted by Gasteiger charge is -2.30. The first-order chi connectivity index (χ1) is 14.6. The first kappa shape index (κ1) is 23.0. The van der Waals surface area contributed by atoms with Crippen LogP contribution in [-0.2, 0) is 6.18 Å². The van der Waals surface area contributed by atoms with E-state index in [4.69, 9.17) is 0 Å². The van der Waals surface area contributed by atoms with Gasteiger partial charge in [0.25, 0.3) is 5.91 Å². The molecule has 1 amide bonds. The molecule has 2 heterocycles. The molecule has 1 atom stereocenters. The minimum atomic E-state index is -4.50. The van der Waals surface area contributed by atoms with Gasteiger partial charge in [-0.15, -0.1) is 0 Å². The second-order valence-corrected chi connectivity index (χ2v) is 8.12. The monoisotopic (exact) mass is 436 g/mol. The highest BCUT2D eigenvalue weighted by atomic mass is 19.4. The van der Waals surface area contributed by atoms with Gasteiger partial charge in [0.15, 0.2) is 5.69 Å². The third-order valence-corrected chi connectivity index (χ3v) is 5.42. The summed E-state index contributed by atoms with van der Waals surface area (Å²) in [6.45, 7) is 7.14. The van der Waals surface area contributed by atoms with Crippen molar-refractivity contribution in [1.29, 1.82) is 0 Å². The van der Waals surface area contributed by atoms with Crippen molar-refractivity contribution >= 4 is 5.91 Å². The number of amides is 1. The topological polar surface area (TPSA) is 67.2 Å². The summed E-state index contributed by atoms with van der Waals surface area (Å²) in [4.78, 5) is 27.2. The normalized spacial score (nSPS) is 17.5. The quantitative estimate of drug-likeness (QED) is 0.705. The molecule has 31 heavy (non-hydrogen) atoms. The number of hydrogen-bond donors (Lipinski definition) is 1. The van der Waals surface area contributed by atoms with Crippen LogP contribution in [0.5, 0.6) is 0 Å². The van der Waals surface area contributed by atoms with E-state index in [1.165, 1.54) is 35.7 Å². The number of piperidine rings is 1. The van der Waals surface area contributed by atoms with Crippen LogP contribution in [0.15, 0.2) is 35.1 Å². The summed E-state index contributed by atoms with van der Waals surface area (Å²) < 4.78 is 40.3. The predicted octanol–water partition coefficient (Wildman–Crippen LogP) is 3.41. The van der Waals surface area contributed by atoms with E-state index in [1.807, 2.05) is 0 Å². The van der Waals surface area contributed by atoms with Crippen molar-refractivity contribution < 1.29 is 18.0 Å². The minimum Gasteiger partial charge on any atom is -0.350 e. The van der Waals surface area contributed by atoms with Crippen LogP contribution in [0.2, 0.25) is 0 Å². The number of alkyl halides is 3. The first-order valence-corrected chi connectivity index (χ1v) is 10.4. The molecule has 0 spiro atoms. The van der Waals surface area contributed by atoms with Crippen molar-refractivity contribution in [2.24, 2.45) is 5.92 Å². The zero-order valence-electron chi connectivity index (χ0n) is 17.7. The van der Waals surface area contributed by atoms with Crippen LogP contribution in [-0.4, -0.2) is 46.8 Å². The van der Waals surface area contributed by atoms with Crippen molar-refractivity contribution in [2.45, 2.75) is 39.3 Å². The molecule has 1 unspecified atom stereocenters. The van der Waals surface area contributed by atoms with E-state index in [0.29, 0.717) is 18.2 Å². The molecule has 0 saturated carbocycles. The van der Waals surface area contributed by atoms with E-state index in [0.717, 1.165) is 38.2 Å². The molecule has 2 aromatic rings. The zero-order valence-corrected chi connectivity index (χ0v) is 17.7. The van der Waals surface area contributed by atoms with Gasteiger partial charge in [0.05, 0.1) is 11.3 Å². The van der Waals surface area contributed by atoms with Gasteiger partial charge in [-0.2, -0.15) is 18.3 Å². The number of carbonyl (C=O) groups excluding carboxylic acids is 1. The van der Waals surface area contributed by atoms with Crippen LogP contribution in [0.3, 0.4) is 0 Å². The summed E-state index contributed by atoms with van der Waals surface area (Å²) in [5.74, 6) is 0.0483. The summed E-state index contributed by atoms with van der Waals surface area (Å²) >= 11 is 0. The maximum Gasteiger partial charge on any atom is 0.416 e. The van der Waals surface area contributed by atoms with Crippen LogP contribution in [0.25, 0.3) is 5.69 Å². The number of aromatic nitrogens is 2. The third kappa shape index (κ3) is 5.94. The smallest absolute Gasteiger partial charge is 0.350 e. The van der Waals surface area contributed by atoms with Crippen molar-refractivity contribution in [1.82, 2.24) is 20.0 Å². The number of carbonyl (C=O) groups is 1. The summed E-state index contributed by atoms with van der Waals surface area (Å²) in [5, 5.41) is 6.76. The van der Waals surface area contributed by atoms with Crippen LogP contribution in [0.4, 0.5) is 13.2 Å². The Morgan fingerprint density at radius 3 is 2.77 bits per heavy atom. The van der Waals surface area contributed by atoms with Crippen LogP contribution >= 0.6 is 0 Å². The summed E-state index contributed by atoms with van der Waals surface area (Å²) in [5.41, 5.74) is -1.28. The number of likely N-dealkylation sites (tertiary alicyclic amines) is 1. The Bertz CT molecular complexity index is 987. The molecule has 1 fully saturated rings. The third-order valence-electron chi connectivity index (χ3n) is 5.42. The molecule has 9 heteroatoms. The fourth-order valence-corrected chi connectivity index (χ4v) is 3.86. The summed E-state index contributed by atoms with van der Waals surface area (Å²) in [6, 6.07) is 5.81. The highest BCUT2D eigenvalue weighted by Crippen LogP contribution is 2.30. The van der Waals surface area contributed by atoms with E-state index in [2.05, 4.69) is 22.2 Å². The van der Waals surface area contributed by atoms with Gasteiger partial charge in [-0.3, -0.25) is 9.59 Å². The van der Waals surface area contributed by atoms with E-state index in [-0.39, 0.29) is 11.4 Å². The number of nitrogens with zero attached hydrogens (tertiary/aromatic N) is 3. The van der Waals surface area contributed by atoms with E-state index in [9.17, 15) is 22.8 Å². The Balaban J connectivity index is 1.69. The zero-order chi connectivity index (χ0) is 22.6. The van der Waals surface area contributed by atoms with Crippen molar-refractivity contribution in [3.8, 4) is 5.69 Å². The molecular formula is C22H27F3N4O2. The van der Waals surface area contributed by atoms with Gasteiger partial charge in [-0.05, 0) is 63.4 Å². The van der Waals surface area contributed by atoms with E-state index in [1.54, 1.807) is 6.92 Å². The molecule has 0 radical (unpaired) electrons. The van der Waals surface area contributed by atoms with E-state index < -0.39 is 23.1 Å². The fraction of sp³-hybridized carbons (Fsp3) is 0.500. The number of benzene rings is 1. The first-order valence-electron chi connectivity index (χ1n) is 10.4. The van der Waals surface area contributed by atoms with Gasteiger partial charge in [0.2, 0.25) is 5.43 Å². The number of nitrogens with one attached hydrogen (secondary N) is 1. The highest BCUT2D eigenvalue weighted by molar-refractivity contribution is 5.92. The maximum absolute atomic E-state index is 13.0. The molecule has 6 nitrogen and oxygen atoms in total.